The molecule has 1 aliphatic heterocycles. The van der Waals surface area contributed by atoms with Crippen molar-refractivity contribution < 1.29 is 9.15 Å². The molecule has 1 saturated carbocycles. The van der Waals surface area contributed by atoms with Crippen molar-refractivity contribution in [2.24, 2.45) is 0 Å². The fourth-order valence-electron chi connectivity index (χ4n) is 3.71. The fourth-order valence-corrected chi connectivity index (χ4v) is 3.71. The molecule has 1 N–H and O–H groups in total. The highest BCUT2D eigenvalue weighted by atomic mass is 16.5. The summed E-state index contributed by atoms with van der Waals surface area (Å²) < 4.78 is 13.5. The molecule has 0 spiro atoms. The van der Waals surface area contributed by atoms with Crippen LogP contribution in [0.3, 0.4) is 0 Å². The Balaban J connectivity index is 1.39. The lowest BCUT2D eigenvalue weighted by Crippen LogP contribution is -2.41. The van der Waals surface area contributed by atoms with Crippen LogP contribution in [0.1, 0.15) is 42.1 Å². The quantitative estimate of drug-likeness (QED) is 0.715. The van der Waals surface area contributed by atoms with Crippen molar-refractivity contribution in [3.05, 3.63) is 41.9 Å². The number of aryl methyl sites for hydroxylation is 1. The van der Waals surface area contributed by atoms with Crippen molar-refractivity contribution in [2.75, 3.05) is 38.2 Å². The van der Waals surface area contributed by atoms with Gasteiger partial charge in [0.05, 0.1) is 19.3 Å². The Hall–Kier alpha value is -2.45. The summed E-state index contributed by atoms with van der Waals surface area (Å²) in [6, 6.07) is 4.20. The highest BCUT2D eigenvalue weighted by Crippen LogP contribution is 2.39. The van der Waals surface area contributed by atoms with E-state index in [4.69, 9.17) is 9.15 Å². The SMILES string of the molecule is Cc1ccc(C(CNc2nccn3c(C4CC4)nnc23)N2CCOCC2)o1. The van der Waals surface area contributed by atoms with Crippen LogP contribution in [0.15, 0.2) is 28.9 Å². The highest BCUT2D eigenvalue weighted by molar-refractivity contribution is 5.62. The normalized spacial score (nSPS) is 19.4. The molecule has 5 rings (SSSR count). The smallest absolute Gasteiger partial charge is 0.203 e. The van der Waals surface area contributed by atoms with Crippen molar-refractivity contribution in [3.8, 4) is 0 Å². The Bertz CT molecular complexity index is 925. The van der Waals surface area contributed by atoms with Gasteiger partial charge in [-0.25, -0.2) is 4.98 Å². The summed E-state index contributed by atoms with van der Waals surface area (Å²) in [5.41, 5.74) is 0.788. The maximum atomic E-state index is 5.94. The molecule has 142 valence electrons. The Morgan fingerprint density at radius 2 is 2.07 bits per heavy atom. The number of nitrogens with zero attached hydrogens (tertiary/aromatic N) is 5. The second kappa shape index (κ2) is 6.94. The molecule has 0 aromatic carbocycles. The predicted octanol–water partition coefficient (Wildman–Crippen LogP) is 2.39. The summed E-state index contributed by atoms with van der Waals surface area (Å²) in [4.78, 5) is 6.90. The van der Waals surface area contributed by atoms with Gasteiger partial charge in [0.1, 0.15) is 17.3 Å². The van der Waals surface area contributed by atoms with Crippen LogP contribution in [0, 0.1) is 6.92 Å². The molecule has 3 aromatic heterocycles. The van der Waals surface area contributed by atoms with Crippen LogP contribution in [0.5, 0.6) is 0 Å². The Morgan fingerprint density at radius 3 is 2.81 bits per heavy atom. The number of rotatable bonds is 6. The van der Waals surface area contributed by atoms with Crippen LogP contribution in [-0.4, -0.2) is 57.3 Å². The van der Waals surface area contributed by atoms with Gasteiger partial charge >= 0.3 is 0 Å². The van der Waals surface area contributed by atoms with Crippen molar-refractivity contribution in [1.29, 1.82) is 0 Å². The van der Waals surface area contributed by atoms with E-state index >= 15 is 0 Å². The fraction of sp³-hybridized carbons (Fsp3) is 0.526. The zero-order valence-electron chi connectivity index (χ0n) is 15.5. The number of morpholine rings is 1. The largest absolute Gasteiger partial charge is 0.465 e. The first kappa shape index (κ1) is 16.7. The minimum Gasteiger partial charge on any atom is -0.465 e. The first-order valence-electron chi connectivity index (χ1n) is 9.61. The Labute approximate surface area is 157 Å². The van der Waals surface area contributed by atoms with E-state index in [-0.39, 0.29) is 6.04 Å². The van der Waals surface area contributed by atoms with E-state index < -0.39 is 0 Å². The number of anilines is 1. The van der Waals surface area contributed by atoms with Crippen LogP contribution >= 0.6 is 0 Å². The number of fused-ring (bicyclic) bond motifs is 1. The van der Waals surface area contributed by atoms with Gasteiger partial charge in [0.25, 0.3) is 0 Å². The third-order valence-electron chi connectivity index (χ3n) is 5.33. The van der Waals surface area contributed by atoms with Crippen molar-refractivity contribution in [1.82, 2.24) is 24.5 Å². The van der Waals surface area contributed by atoms with Gasteiger partial charge < -0.3 is 14.5 Å². The minimum absolute atomic E-state index is 0.121. The highest BCUT2D eigenvalue weighted by Gasteiger charge is 2.29. The van der Waals surface area contributed by atoms with Gasteiger partial charge in [0.2, 0.25) is 5.65 Å². The standard InChI is InChI=1S/C19H24N6O2/c1-13-2-5-16(27-13)15(24-8-10-26-11-9-24)12-21-17-19-23-22-18(14-3-4-14)25(19)7-6-20-17/h2,5-7,14-15H,3-4,8-12H2,1H3,(H,20,21). The van der Waals surface area contributed by atoms with Crippen LogP contribution < -0.4 is 5.32 Å². The first-order valence-corrected chi connectivity index (χ1v) is 9.61. The maximum Gasteiger partial charge on any atom is 0.203 e. The summed E-state index contributed by atoms with van der Waals surface area (Å²) in [5, 5.41) is 12.3. The van der Waals surface area contributed by atoms with Crippen LogP contribution in [-0.2, 0) is 4.74 Å². The minimum atomic E-state index is 0.121. The van der Waals surface area contributed by atoms with Gasteiger partial charge in [-0.1, -0.05) is 0 Å². The van der Waals surface area contributed by atoms with Gasteiger partial charge in [-0.2, -0.15) is 0 Å². The zero-order chi connectivity index (χ0) is 18.2. The average molecular weight is 368 g/mol. The third kappa shape index (κ3) is 3.30. The summed E-state index contributed by atoms with van der Waals surface area (Å²) in [5.74, 6) is 4.24. The molecule has 8 nitrogen and oxygen atoms in total. The summed E-state index contributed by atoms with van der Waals surface area (Å²) >= 11 is 0. The van der Waals surface area contributed by atoms with Crippen LogP contribution in [0.4, 0.5) is 5.82 Å². The molecule has 3 aromatic rings. The number of hydrogen-bond acceptors (Lipinski definition) is 7. The number of furan rings is 1. The molecule has 1 unspecified atom stereocenters. The second-order valence-electron chi connectivity index (χ2n) is 7.30. The molecule has 2 aliphatic rings. The molecule has 27 heavy (non-hydrogen) atoms. The molecule has 0 bridgehead atoms. The zero-order valence-corrected chi connectivity index (χ0v) is 15.5. The Morgan fingerprint density at radius 1 is 1.22 bits per heavy atom. The number of hydrogen-bond donors (Lipinski definition) is 1. The van der Waals surface area contributed by atoms with Crippen LogP contribution in [0.2, 0.25) is 0 Å². The van der Waals surface area contributed by atoms with Gasteiger partial charge in [-0.05, 0) is 31.9 Å². The summed E-state index contributed by atoms with van der Waals surface area (Å²) in [6.07, 6.45) is 6.15. The molecule has 0 radical (unpaired) electrons. The Kier molecular flexibility index (Phi) is 4.29. The monoisotopic (exact) mass is 368 g/mol. The van der Waals surface area contributed by atoms with Gasteiger partial charge in [0, 0.05) is 37.9 Å². The number of ether oxygens (including phenoxy) is 1. The van der Waals surface area contributed by atoms with E-state index in [0.717, 1.165) is 55.1 Å². The molecule has 8 heteroatoms. The second-order valence-corrected chi connectivity index (χ2v) is 7.30. The van der Waals surface area contributed by atoms with Gasteiger partial charge in [0.15, 0.2) is 5.82 Å². The third-order valence-corrected chi connectivity index (χ3v) is 5.33. The number of nitrogens with one attached hydrogen (secondary N) is 1. The molecule has 0 amide bonds. The lowest BCUT2D eigenvalue weighted by molar-refractivity contribution is 0.0143. The molecular formula is C19H24N6O2. The lowest BCUT2D eigenvalue weighted by atomic mass is 10.1. The maximum absolute atomic E-state index is 5.94. The average Bonchev–Trinajstić information content (AvgIpc) is 3.30. The summed E-state index contributed by atoms with van der Waals surface area (Å²) in [7, 11) is 0. The van der Waals surface area contributed by atoms with Crippen molar-refractivity contribution in [3.63, 3.8) is 0 Å². The van der Waals surface area contributed by atoms with E-state index in [0.29, 0.717) is 12.5 Å². The molecule has 1 atom stereocenters. The molecule has 4 heterocycles. The van der Waals surface area contributed by atoms with E-state index in [1.165, 1.54) is 12.8 Å². The predicted molar refractivity (Wildman–Crippen MR) is 99.8 cm³/mol. The molecule has 2 fully saturated rings. The molecule has 1 saturated heterocycles. The van der Waals surface area contributed by atoms with E-state index in [1.54, 1.807) is 0 Å². The van der Waals surface area contributed by atoms with Crippen molar-refractivity contribution in [2.45, 2.75) is 31.7 Å². The van der Waals surface area contributed by atoms with Crippen molar-refractivity contribution >= 4 is 11.5 Å². The topological polar surface area (TPSA) is 80.7 Å². The van der Waals surface area contributed by atoms with E-state index in [9.17, 15) is 0 Å². The van der Waals surface area contributed by atoms with Gasteiger partial charge in [-0.3, -0.25) is 9.30 Å². The van der Waals surface area contributed by atoms with Crippen LogP contribution in [0.25, 0.3) is 5.65 Å². The van der Waals surface area contributed by atoms with Gasteiger partial charge in [-0.15, -0.1) is 10.2 Å². The number of aromatic nitrogens is 4. The molecular weight excluding hydrogens is 344 g/mol. The molecule has 1 aliphatic carbocycles. The van der Waals surface area contributed by atoms with E-state index in [1.807, 2.05) is 25.4 Å². The van der Waals surface area contributed by atoms with E-state index in [2.05, 4.69) is 35.9 Å². The first-order chi connectivity index (χ1) is 13.3. The summed E-state index contributed by atoms with van der Waals surface area (Å²) in [6.45, 7) is 5.94. The lowest BCUT2D eigenvalue weighted by Gasteiger charge is -2.33.